The highest BCUT2D eigenvalue weighted by Gasteiger charge is 2.10. The van der Waals surface area contributed by atoms with Crippen molar-refractivity contribution in [3.63, 3.8) is 0 Å². The molecule has 36 heavy (non-hydrogen) atoms. The van der Waals surface area contributed by atoms with Crippen molar-refractivity contribution in [1.82, 2.24) is 0 Å². The molecule has 0 unspecified atom stereocenters. The fourth-order valence-corrected chi connectivity index (χ4v) is 4.46. The van der Waals surface area contributed by atoms with E-state index in [1.54, 1.807) is 0 Å². The van der Waals surface area contributed by atoms with Crippen molar-refractivity contribution in [2.45, 2.75) is 0 Å². The van der Waals surface area contributed by atoms with E-state index in [0.717, 1.165) is 0 Å². The van der Waals surface area contributed by atoms with Crippen molar-refractivity contribution in [3.8, 4) is 0 Å². The summed E-state index contributed by atoms with van der Waals surface area (Å²) in [6.07, 6.45) is 10.8. The van der Waals surface area contributed by atoms with Gasteiger partial charge in [0.15, 0.2) is 0 Å². The van der Waals surface area contributed by atoms with Gasteiger partial charge in [0.25, 0.3) is 0 Å². The number of nitrogens with zero attached hydrogens (tertiary/aromatic N) is 1. The Kier molecular flexibility index (Phi) is 7.20. The Morgan fingerprint density at radius 1 is 0.528 bits per heavy atom. The summed E-state index contributed by atoms with van der Waals surface area (Å²) in [5, 5.41) is 2.46. The van der Waals surface area contributed by atoms with Crippen molar-refractivity contribution >= 4 is 34.2 Å². The van der Waals surface area contributed by atoms with Gasteiger partial charge in [0.1, 0.15) is 0 Å². The zero-order chi connectivity index (χ0) is 24.6. The van der Waals surface area contributed by atoms with E-state index < -0.39 is 0 Å². The number of benzene rings is 5. The van der Waals surface area contributed by atoms with Gasteiger partial charge in [0.05, 0.1) is 0 Å². The Labute approximate surface area is 214 Å². The molecule has 0 aromatic heterocycles. The molecule has 5 rings (SSSR count). The molecule has 5 aromatic rings. The Balaban J connectivity index is 1.50. The number of rotatable bonds is 7. The third-order valence-corrected chi connectivity index (χ3v) is 6.28. The number of fused-ring (bicyclic) bond motifs is 1. The molecule has 0 N–H and O–H groups in total. The van der Waals surface area contributed by atoms with Crippen molar-refractivity contribution < 1.29 is 0 Å². The molecule has 174 valence electrons. The van der Waals surface area contributed by atoms with Crippen LogP contribution in [0.15, 0.2) is 146 Å². The van der Waals surface area contributed by atoms with Crippen LogP contribution in [0.2, 0.25) is 0 Å². The Morgan fingerprint density at radius 2 is 1.06 bits per heavy atom. The second-order valence-electron chi connectivity index (χ2n) is 8.73. The standard InChI is InChI=1S/C35H29N/c1-36(27-34(29-18-7-3-8-19-29)30-20-9-4-10-21-30)35-26-25-31(32-23-13-14-24-33(32)35)22-12-11-17-28-15-5-2-6-16-28/h2-27H,1H3. The Morgan fingerprint density at radius 3 is 1.69 bits per heavy atom. The molecule has 5 aromatic carbocycles. The molecule has 0 spiro atoms. The minimum Gasteiger partial charge on any atom is -0.350 e. The van der Waals surface area contributed by atoms with Crippen LogP contribution in [0.1, 0.15) is 22.3 Å². The summed E-state index contributed by atoms with van der Waals surface area (Å²) in [6.45, 7) is 0. The smallest absolute Gasteiger partial charge is 0.0483 e. The van der Waals surface area contributed by atoms with Crippen molar-refractivity contribution in [2.75, 3.05) is 11.9 Å². The van der Waals surface area contributed by atoms with E-state index in [1.165, 1.54) is 44.3 Å². The van der Waals surface area contributed by atoms with Crippen LogP contribution in [-0.4, -0.2) is 7.05 Å². The lowest BCUT2D eigenvalue weighted by atomic mass is 9.98. The molecular formula is C35H29N. The maximum atomic E-state index is 2.24. The average molecular weight is 464 g/mol. The van der Waals surface area contributed by atoms with Crippen LogP contribution in [0.5, 0.6) is 0 Å². The summed E-state index contributed by atoms with van der Waals surface area (Å²) in [6, 6.07) is 44.6. The molecule has 0 saturated carbocycles. The van der Waals surface area contributed by atoms with Gasteiger partial charge in [0, 0.05) is 29.9 Å². The molecule has 0 aliphatic rings. The quantitative estimate of drug-likeness (QED) is 0.218. The maximum absolute atomic E-state index is 2.24. The summed E-state index contributed by atoms with van der Waals surface area (Å²) >= 11 is 0. The molecule has 0 radical (unpaired) electrons. The van der Waals surface area contributed by atoms with Crippen molar-refractivity contribution in [3.05, 3.63) is 168 Å². The Bertz CT molecular complexity index is 1470. The predicted octanol–water partition coefficient (Wildman–Crippen LogP) is 9.09. The van der Waals surface area contributed by atoms with Gasteiger partial charge in [-0.15, -0.1) is 0 Å². The molecule has 0 saturated heterocycles. The fourth-order valence-electron chi connectivity index (χ4n) is 4.46. The van der Waals surface area contributed by atoms with Crippen LogP contribution < -0.4 is 4.90 Å². The van der Waals surface area contributed by atoms with E-state index in [9.17, 15) is 0 Å². The first-order chi connectivity index (χ1) is 17.8. The van der Waals surface area contributed by atoms with Gasteiger partial charge in [-0.3, -0.25) is 0 Å². The van der Waals surface area contributed by atoms with E-state index >= 15 is 0 Å². The third kappa shape index (κ3) is 5.37. The van der Waals surface area contributed by atoms with E-state index in [4.69, 9.17) is 0 Å². The lowest BCUT2D eigenvalue weighted by Crippen LogP contribution is -2.10. The van der Waals surface area contributed by atoms with Crippen LogP contribution in [-0.2, 0) is 0 Å². The summed E-state index contributed by atoms with van der Waals surface area (Å²) in [5.41, 5.74) is 7.16. The number of hydrogen-bond acceptors (Lipinski definition) is 1. The first-order valence-corrected chi connectivity index (χ1v) is 12.3. The number of anilines is 1. The number of allylic oxidation sites excluding steroid dienone is 2. The molecule has 0 atom stereocenters. The van der Waals surface area contributed by atoms with E-state index in [-0.39, 0.29) is 0 Å². The van der Waals surface area contributed by atoms with Crippen LogP contribution in [0.3, 0.4) is 0 Å². The lowest BCUT2D eigenvalue weighted by Gasteiger charge is -2.21. The van der Waals surface area contributed by atoms with Crippen LogP contribution in [0.4, 0.5) is 5.69 Å². The zero-order valence-electron chi connectivity index (χ0n) is 20.5. The second kappa shape index (κ2) is 11.2. The first-order valence-electron chi connectivity index (χ1n) is 12.3. The molecule has 1 nitrogen and oxygen atoms in total. The summed E-state index contributed by atoms with van der Waals surface area (Å²) in [7, 11) is 2.13. The molecule has 0 amide bonds. The maximum Gasteiger partial charge on any atom is 0.0483 e. The van der Waals surface area contributed by atoms with Crippen molar-refractivity contribution in [2.24, 2.45) is 0 Å². The molecule has 0 bridgehead atoms. The van der Waals surface area contributed by atoms with Gasteiger partial charge < -0.3 is 4.90 Å². The first kappa shape index (κ1) is 23.1. The highest BCUT2D eigenvalue weighted by atomic mass is 15.1. The van der Waals surface area contributed by atoms with E-state index in [2.05, 4.69) is 164 Å². The molecule has 0 fully saturated rings. The van der Waals surface area contributed by atoms with Crippen molar-refractivity contribution in [1.29, 1.82) is 0 Å². The molecule has 0 heterocycles. The fraction of sp³-hybridized carbons (Fsp3) is 0.0286. The summed E-state index contributed by atoms with van der Waals surface area (Å²) < 4.78 is 0. The normalized spacial score (nSPS) is 11.2. The summed E-state index contributed by atoms with van der Waals surface area (Å²) in [4.78, 5) is 2.24. The monoisotopic (exact) mass is 463 g/mol. The largest absolute Gasteiger partial charge is 0.350 e. The zero-order valence-corrected chi connectivity index (χ0v) is 20.5. The highest BCUT2D eigenvalue weighted by molar-refractivity contribution is 6.00. The SMILES string of the molecule is CN(C=C(c1ccccc1)c1ccccc1)c1ccc(C=CC=Cc2ccccc2)c2ccccc12. The highest BCUT2D eigenvalue weighted by Crippen LogP contribution is 2.32. The van der Waals surface area contributed by atoms with Crippen LogP contribution in [0, 0.1) is 0 Å². The minimum absolute atomic E-state index is 1.17. The van der Waals surface area contributed by atoms with Crippen LogP contribution in [0.25, 0.3) is 28.5 Å². The van der Waals surface area contributed by atoms with E-state index in [0.29, 0.717) is 0 Å². The van der Waals surface area contributed by atoms with Gasteiger partial charge in [-0.2, -0.15) is 0 Å². The average Bonchev–Trinajstić information content (AvgIpc) is 2.95. The minimum atomic E-state index is 1.17. The molecule has 0 aliphatic heterocycles. The van der Waals surface area contributed by atoms with Gasteiger partial charge in [-0.05, 0) is 33.7 Å². The molecular weight excluding hydrogens is 434 g/mol. The van der Waals surface area contributed by atoms with E-state index in [1.807, 2.05) is 6.07 Å². The third-order valence-electron chi connectivity index (χ3n) is 6.28. The van der Waals surface area contributed by atoms with Gasteiger partial charge in [-0.1, -0.05) is 146 Å². The van der Waals surface area contributed by atoms with Crippen LogP contribution >= 0.6 is 0 Å². The number of hydrogen-bond donors (Lipinski definition) is 0. The predicted molar refractivity (Wildman–Crippen MR) is 157 cm³/mol. The van der Waals surface area contributed by atoms with Gasteiger partial charge in [0.2, 0.25) is 0 Å². The van der Waals surface area contributed by atoms with Gasteiger partial charge in [-0.25, -0.2) is 0 Å². The summed E-state index contributed by atoms with van der Waals surface area (Å²) in [5.74, 6) is 0. The topological polar surface area (TPSA) is 3.24 Å². The van der Waals surface area contributed by atoms with Gasteiger partial charge >= 0.3 is 0 Å². The molecule has 1 heteroatoms. The molecule has 0 aliphatic carbocycles. The Hall–Kier alpha value is -4.62. The lowest BCUT2D eigenvalue weighted by molar-refractivity contribution is 1.22. The second-order valence-corrected chi connectivity index (χ2v) is 8.73.